The van der Waals surface area contributed by atoms with Crippen molar-refractivity contribution in [1.82, 2.24) is 5.32 Å². The second-order valence-corrected chi connectivity index (χ2v) is 6.86. The Morgan fingerprint density at radius 1 is 1.17 bits per heavy atom. The summed E-state index contributed by atoms with van der Waals surface area (Å²) in [5.74, 6) is 0. The fourth-order valence-corrected chi connectivity index (χ4v) is 4.75. The molecule has 18 heavy (non-hydrogen) atoms. The zero-order valence-electron chi connectivity index (χ0n) is 11.8. The quantitative estimate of drug-likeness (QED) is 0.617. The summed E-state index contributed by atoms with van der Waals surface area (Å²) in [5, 5.41) is 3.31. The largest absolute Gasteiger partial charge is 0.500 e. The Labute approximate surface area is 111 Å². The van der Waals surface area contributed by atoms with Gasteiger partial charge in [-0.2, -0.15) is 0 Å². The van der Waals surface area contributed by atoms with Gasteiger partial charge in [-0.3, -0.25) is 10.3 Å². The Kier molecular flexibility index (Phi) is 7.68. The lowest BCUT2D eigenvalue weighted by Gasteiger charge is -2.28. The third-order valence-electron chi connectivity index (χ3n) is 2.78. The Morgan fingerprint density at radius 2 is 1.78 bits per heavy atom. The Hall–Kier alpha value is -0.273. The van der Waals surface area contributed by atoms with Crippen LogP contribution in [0.4, 0.5) is 0 Å². The maximum atomic E-state index is 5.81. The van der Waals surface area contributed by atoms with Gasteiger partial charge in [-0.1, -0.05) is 0 Å². The fraction of sp³-hybridized carbons (Fsp3) is 0.917. The minimum atomic E-state index is -2.45. The standard InChI is InChI=1S/C12H26N2O3Si/c1-4-15-18(16-5-2,17-6-3)11-7-8-12-13-9-10-14-12/h9,12,14H,4-8,10-11H2,1-3H3. The molecule has 0 saturated carbocycles. The first kappa shape index (κ1) is 15.8. The maximum Gasteiger partial charge on any atom is 0.500 e. The molecule has 0 aromatic heterocycles. The summed E-state index contributed by atoms with van der Waals surface area (Å²) in [6, 6.07) is 0.871. The molecule has 0 spiro atoms. The predicted molar refractivity (Wildman–Crippen MR) is 75.0 cm³/mol. The van der Waals surface area contributed by atoms with Gasteiger partial charge in [-0.25, -0.2) is 0 Å². The molecule has 0 amide bonds. The minimum Gasteiger partial charge on any atom is -0.374 e. The first-order chi connectivity index (χ1) is 8.76. The van der Waals surface area contributed by atoms with Gasteiger partial charge in [-0.05, 0) is 33.6 Å². The van der Waals surface area contributed by atoms with Crippen molar-refractivity contribution in [3.8, 4) is 0 Å². The third kappa shape index (κ3) is 5.15. The van der Waals surface area contributed by atoms with Gasteiger partial charge in [0.1, 0.15) is 0 Å². The molecule has 1 atom stereocenters. The van der Waals surface area contributed by atoms with Gasteiger partial charge in [0.15, 0.2) is 0 Å². The molecule has 106 valence electrons. The van der Waals surface area contributed by atoms with Crippen LogP contribution < -0.4 is 5.32 Å². The zero-order valence-corrected chi connectivity index (χ0v) is 12.8. The lowest BCUT2D eigenvalue weighted by atomic mass is 10.3. The Balaban J connectivity index is 2.39. The molecule has 0 radical (unpaired) electrons. The van der Waals surface area contributed by atoms with Gasteiger partial charge in [0.2, 0.25) is 0 Å². The predicted octanol–water partition coefficient (Wildman–Crippen LogP) is 1.82. The van der Waals surface area contributed by atoms with E-state index in [0.717, 1.165) is 25.4 Å². The molecule has 6 heteroatoms. The monoisotopic (exact) mass is 274 g/mol. The molecule has 1 aliphatic heterocycles. The van der Waals surface area contributed by atoms with Crippen molar-refractivity contribution < 1.29 is 13.3 Å². The van der Waals surface area contributed by atoms with Gasteiger partial charge < -0.3 is 13.3 Å². The number of hydrogen-bond acceptors (Lipinski definition) is 5. The number of nitrogens with one attached hydrogen (secondary N) is 1. The van der Waals surface area contributed by atoms with Crippen LogP contribution in [0.5, 0.6) is 0 Å². The number of rotatable bonds is 10. The molecule has 0 aromatic carbocycles. The molecule has 0 fully saturated rings. The molecule has 1 aliphatic rings. The van der Waals surface area contributed by atoms with Gasteiger partial charge >= 0.3 is 8.80 Å². The number of aliphatic imine (C=N–C) groups is 1. The van der Waals surface area contributed by atoms with Crippen LogP contribution in [0.3, 0.4) is 0 Å². The first-order valence-corrected chi connectivity index (χ1v) is 8.86. The van der Waals surface area contributed by atoms with Crippen molar-refractivity contribution in [2.75, 3.05) is 26.4 Å². The van der Waals surface area contributed by atoms with Gasteiger partial charge in [0, 0.05) is 38.6 Å². The molecule has 5 nitrogen and oxygen atoms in total. The highest BCUT2D eigenvalue weighted by molar-refractivity contribution is 6.60. The van der Waals surface area contributed by atoms with Crippen LogP contribution in [0.2, 0.25) is 6.04 Å². The summed E-state index contributed by atoms with van der Waals surface area (Å²) in [6.45, 7) is 8.79. The Morgan fingerprint density at radius 3 is 2.22 bits per heavy atom. The van der Waals surface area contributed by atoms with E-state index in [-0.39, 0.29) is 6.17 Å². The summed E-state index contributed by atoms with van der Waals surface area (Å²) in [5.41, 5.74) is 0. The second-order valence-electron chi connectivity index (χ2n) is 4.13. The van der Waals surface area contributed by atoms with Gasteiger partial charge in [0.25, 0.3) is 0 Å². The van der Waals surface area contributed by atoms with E-state index in [1.54, 1.807) is 0 Å². The van der Waals surface area contributed by atoms with Crippen molar-refractivity contribution in [1.29, 1.82) is 0 Å². The number of nitrogens with zero attached hydrogens (tertiary/aromatic N) is 1. The maximum absolute atomic E-state index is 5.81. The molecule has 0 saturated heterocycles. The SMILES string of the molecule is CCO[Si](CCCC1N=CCN1)(OCC)OCC. The second kappa shape index (κ2) is 8.76. The van der Waals surface area contributed by atoms with Crippen molar-refractivity contribution in [3.63, 3.8) is 0 Å². The van der Waals surface area contributed by atoms with Gasteiger partial charge in [0.05, 0.1) is 6.17 Å². The van der Waals surface area contributed by atoms with E-state index in [0.29, 0.717) is 19.8 Å². The lowest BCUT2D eigenvalue weighted by molar-refractivity contribution is 0.0705. The highest BCUT2D eigenvalue weighted by Crippen LogP contribution is 2.20. The summed E-state index contributed by atoms with van der Waals surface area (Å²) in [6.07, 6.45) is 4.23. The lowest BCUT2D eigenvalue weighted by Crippen LogP contribution is -2.46. The van der Waals surface area contributed by atoms with E-state index in [4.69, 9.17) is 13.3 Å². The zero-order chi connectivity index (χ0) is 13.3. The fourth-order valence-electron chi connectivity index (χ4n) is 2.11. The highest BCUT2D eigenvalue weighted by atomic mass is 28.4. The smallest absolute Gasteiger partial charge is 0.374 e. The average molecular weight is 274 g/mol. The number of hydrogen-bond donors (Lipinski definition) is 1. The van der Waals surface area contributed by atoms with E-state index in [2.05, 4.69) is 10.3 Å². The van der Waals surface area contributed by atoms with Crippen molar-refractivity contribution >= 4 is 15.0 Å². The van der Waals surface area contributed by atoms with Crippen LogP contribution in [-0.2, 0) is 13.3 Å². The molecular formula is C12H26N2O3Si. The van der Waals surface area contributed by atoms with E-state index < -0.39 is 8.80 Å². The molecule has 1 rings (SSSR count). The molecule has 1 N–H and O–H groups in total. The van der Waals surface area contributed by atoms with Crippen LogP contribution in [0.15, 0.2) is 4.99 Å². The van der Waals surface area contributed by atoms with E-state index >= 15 is 0 Å². The minimum absolute atomic E-state index is 0.265. The van der Waals surface area contributed by atoms with Crippen LogP contribution in [0.25, 0.3) is 0 Å². The van der Waals surface area contributed by atoms with E-state index in [1.165, 1.54) is 0 Å². The van der Waals surface area contributed by atoms with E-state index in [9.17, 15) is 0 Å². The summed E-state index contributed by atoms with van der Waals surface area (Å²) in [7, 11) is -2.45. The molecule has 0 aromatic rings. The topological polar surface area (TPSA) is 52.1 Å². The van der Waals surface area contributed by atoms with Crippen LogP contribution in [-0.4, -0.2) is 47.6 Å². The first-order valence-electron chi connectivity index (χ1n) is 6.93. The normalized spacial score (nSPS) is 19.6. The van der Waals surface area contributed by atoms with Crippen molar-refractivity contribution in [3.05, 3.63) is 0 Å². The summed E-state index contributed by atoms with van der Waals surface area (Å²) < 4.78 is 17.4. The molecule has 1 heterocycles. The van der Waals surface area contributed by atoms with Crippen LogP contribution in [0.1, 0.15) is 33.6 Å². The average Bonchev–Trinajstić information content (AvgIpc) is 2.83. The molecule has 0 aliphatic carbocycles. The summed E-state index contributed by atoms with van der Waals surface area (Å²) >= 11 is 0. The van der Waals surface area contributed by atoms with E-state index in [1.807, 2.05) is 27.0 Å². The Bertz CT molecular complexity index is 234. The third-order valence-corrected chi connectivity index (χ3v) is 5.93. The summed E-state index contributed by atoms with van der Waals surface area (Å²) in [4.78, 5) is 4.35. The van der Waals surface area contributed by atoms with Crippen molar-refractivity contribution in [2.45, 2.75) is 45.8 Å². The molecular weight excluding hydrogens is 248 g/mol. The molecule has 0 bridgehead atoms. The van der Waals surface area contributed by atoms with Gasteiger partial charge in [-0.15, -0.1) is 0 Å². The highest BCUT2D eigenvalue weighted by Gasteiger charge is 2.39. The van der Waals surface area contributed by atoms with Crippen LogP contribution >= 0.6 is 0 Å². The molecule has 1 unspecified atom stereocenters. The van der Waals surface area contributed by atoms with Crippen LogP contribution in [0, 0.1) is 0 Å². The van der Waals surface area contributed by atoms with Crippen molar-refractivity contribution in [2.24, 2.45) is 4.99 Å².